The number of ether oxygens (including phenoxy) is 1. The van der Waals surface area contributed by atoms with E-state index in [1.807, 2.05) is 0 Å². The van der Waals surface area contributed by atoms with Crippen molar-refractivity contribution in [3.63, 3.8) is 0 Å². The number of carbonyl (C=O) groups excluding carboxylic acids is 1. The van der Waals surface area contributed by atoms with Gasteiger partial charge in [-0.1, -0.05) is 15.9 Å². The SMILES string of the molecule is Cc1cc(C(F)(F)F)nn1CC(=O)Nc1ccc(Br)cc1OC(F)(F)F. The van der Waals surface area contributed by atoms with E-state index in [0.29, 0.717) is 0 Å². The van der Waals surface area contributed by atoms with Crippen molar-refractivity contribution in [1.29, 1.82) is 0 Å². The lowest BCUT2D eigenvalue weighted by Gasteiger charge is -2.14. The molecule has 1 aromatic heterocycles. The number of nitrogens with one attached hydrogen (secondary N) is 1. The summed E-state index contributed by atoms with van der Waals surface area (Å²) in [6.07, 6.45) is -9.66. The van der Waals surface area contributed by atoms with Gasteiger partial charge < -0.3 is 10.1 Å². The highest BCUT2D eigenvalue weighted by atomic mass is 79.9. The van der Waals surface area contributed by atoms with Crippen molar-refractivity contribution in [2.45, 2.75) is 26.0 Å². The topological polar surface area (TPSA) is 56.2 Å². The minimum absolute atomic E-state index is 0.0649. The highest BCUT2D eigenvalue weighted by Gasteiger charge is 2.35. The molecule has 26 heavy (non-hydrogen) atoms. The van der Waals surface area contributed by atoms with E-state index in [2.05, 4.69) is 31.1 Å². The molecule has 1 heterocycles. The number of hydrogen-bond donors (Lipinski definition) is 1. The fourth-order valence-electron chi connectivity index (χ4n) is 1.94. The molecule has 1 amide bonds. The zero-order valence-corrected chi connectivity index (χ0v) is 14.5. The van der Waals surface area contributed by atoms with Gasteiger partial charge in [0.05, 0.1) is 5.69 Å². The summed E-state index contributed by atoms with van der Waals surface area (Å²) in [5.41, 5.74) is -1.40. The van der Waals surface area contributed by atoms with Crippen molar-refractivity contribution in [3.8, 4) is 5.75 Å². The van der Waals surface area contributed by atoms with Gasteiger partial charge in [0.2, 0.25) is 5.91 Å². The molecule has 1 N–H and O–H groups in total. The Balaban J connectivity index is 2.17. The quantitative estimate of drug-likeness (QED) is 0.704. The van der Waals surface area contributed by atoms with Gasteiger partial charge in [-0.05, 0) is 31.2 Å². The van der Waals surface area contributed by atoms with Crippen LogP contribution in [0, 0.1) is 6.92 Å². The van der Waals surface area contributed by atoms with Crippen molar-refractivity contribution >= 4 is 27.5 Å². The van der Waals surface area contributed by atoms with Gasteiger partial charge in [0.1, 0.15) is 6.54 Å². The van der Waals surface area contributed by atoms with E-state index in [0.717, 1.165) is 22.9 Å². The third-order valence-electron chi connectivity index (χ3n) is 3.01. The Morgan fingerprint density at radius 3 is 2.42 bits per heavy atom. The highest BCUT2D eigenvalue weighted by Crippen LogP contribution is 2.33. The molecular formula is C14H10BrF6N3O2. The molecule has 0 aliphatic rings. The van der Waals surface area contributed by atoms with Crippen molar-refractivity contribution in [1.82, 2.24) is 9.78 Å². The van der Waals surface area contributed by atoms with E-state index >= 15 is 0 Å². The number of amides is 1. The van der Waals surface area contributed by atoms with E-state index < -0.39 is 36.4 Å². The van der Waals surface area contributed by atoms with Gasteiger partial charge in [0.15, 0.2) is 11.4 Å². The predicted octanol–water partition coefficient (Wildman–Crippen LogP) is 4.51. The number of carbonyl (C=O) groups is 1. The van der Waals surface area contributed by atoms with Crippen LogP contribution in [0.25, 0.3) is 0 Å². The number of hydrogen-bond acceptors (Lipinski definition) is 3. The number of aryl methyl sites for hydroxylation is 1. The van der Waals surface area contributed by atoms with Gasteiger partial charge in [-0.3, -0.25) is 9.48 Å². The molecule has 1 aromatic carbocycles. The van der Waals surface area contributed by atoms with E-state index in [1.54, 1.807) is 0 Å². The van der Waals surface area contributed by atoms with Crippen LogP contribution in [0.4, 0.5) is 32.0 Å². The number of alkyl halides is 6. The predicted molar refractivity (Wildman–Crippen MR) is 81.4 cm³/mol. The average Bonchev–Trinajstić information content (AvgIpc) is 2.81. The molecule has 0 aliphatic carbocycles. The van der Waals surface area contributed by atoms with Crippen molar-refractivity contribution < 1.29 is 35.9 Å². The van der Waals surface area contributed by atoms with Gasteiger partial charge in [-0.25, -0.2) is 0 Å². The summed E-state index contributed by atoms with van der Waals surface area (Å²) < 4.78 is 80.0. The molecule has 0 saturated heterocycles. The van der Waals surface area contributed by atoms with Gasteiger partial charge in [-0.15, -0.1) is 13.2 Å². The Morgan fingerprint density at radius 2 is 1.88 bits per heavy atom. The van der Waals surface area contributed by atoms with Crippen LogP contribution in [0.1, 0.15) is 11.4 Å². The molecular weight excluding hydrogens is 436 g/mol. The molecule has 0 bridgehead atoms. The Morgan fingerprint density at radius 1 is 1.23 bits per heavy atom. The van der Waals surface area contributed by atoms with Crippen molar-refractivity contribution in [2.75, 3.05) is 5.32 Å². The molecule has 0 unspecified atom stereocenters. The monoisotopic (exact) mass is 445 g/mol. The number of benzene rings is 1. The van der Waals surface area contributed by atoms with Crippen molar-refractivity contribution in [3.05, 3.63) is 40.1 Å². The van der Waals surface area contributed by atoms with Crippen LogP contribution in [0.15, 0.2) is 28.7 Å². The zero-order valence-electron chi connectivity index (χ0n) is 12.9. The molecule has 2 rings (SSSR count). The second-order valence-corrected chi connectivity index (χ2v) is 5.98. The lowest BCUT2D eigenvalue weighted by Crippen LogP contribution is -2.23. The Kier molecular flexibility index (Phi) is 5.54. The average molecular weight is 446 g/mol. The van der Waals surface area contributed by atoms with Gasteiger partial charge in [0.25, 0.3) is 0 Å². The van der Waals surface area contributed by atoms with Crippen LogP contribution >= 0.6 is 15.9 Å². The van der Waals surface area contributed by atoms with Crippen LogP contribution in [0.3, 0.4) is 0 Å². The van der Waals surface area contributed by atoms with Gasteiger partial charge >= 0.3 is 12.5 Å². The smallest absolute Gasteiger partial charge is 0.404 e. The first-order valence-corrected chi connectivity index (χ1v) is 7.61. The third-order valence-corrected chi connectivity index (χ3v) is 3.50. The summed E-state index contributed by atoms with van der Waals surface area (Å²) >= 11 is 2.97. The Labute approximate surface area is 151 Å². The minimum atomic E-state index is -4.99. The highest BCUT2D eigenvalue weighted by molar-refractivity contribution is 9.10. The maximum atomic E-state index is 12.6. The van der Waals surface area contributed by atoms with Crippen LogP contribution < -0.4 is 10.1 Å². The van der Waals surface area contributed by atoms with Crippen LogP contribution in [-0.2, 0) is 17.5 Å². The first-order valence-electron chi connectivity index (χ1n) is 6.82. The summed E-state index contributed by atoms with van der Waals surface area (Å²) in [6.45, 7) is 0.691. The summed E-state index contributed by atoms with van der Waals surface area (Å²) in [6, 6.07) is 4.26. The fourth-order valence-corrected chi connectivity index (χ4v) is 2.28. The van der Waals surface area contributed by atoms with Gasteiger partial charge in [0, 0.05) is 10.2 Å². The lowest BCUT2D eigenvalue weighted by atomic mass is 10.3. The first-order chi connectivity index (χ1) is 11.8. The van der Waals surface area contributed by atoms with Crippen LogP contribution in [0.2, 0.25) is 0 Å². The maximum Gasteiger partial charge on any atom is 0.573 e. The van der Waals surface area contributed by atoms with Crippen LogP contribution in [-0.4, -0.2) is 22.1 Å². The number of nitrogens with zero attached hydrogens (tertiary/aromatic N) is 2. The zero-order chi connectivity index (χ0) is 19.7. The molecule has 12 heteroatoms. The molecule has 0 fully saturated rings. The minimum Gasteiger partial charge on any atom is -0.404 e. The largest absolute Gasteiger partial charge is 0.573 e. The number of rotatable bonds is 4. The molecule has 142 valence electrons. The maximum absolute atomic E-state index is 12.6. The fraction of sp³-hybridized carbons (Fsp3) is 0.286. The second kappa shape index (κ2) is 7.17. The number of anilines is 1. The standard InChI is InChI=1S/C14H10BrF6N3O2/c1-7-4-11(13(16,17)18)23-24(7)6-12(25)22-9-3-2-8(15)5-10(9)26-14(19,20)21/h2-5H,6H2,1H3,(H,22,25). The van der Waals surface area contributed by atoms with Crippen LogP contribution in [0.5, 0.6) is 5.75 Å². The van der Waals surface area contributed by atoms with E-state index in [4.69, 9.17) is 0 Å². The summed E-state index contributed by atoms with van der Waals surface area (Å²) in [5.74, 6) is -1.55. The molecule has 0 spiro atoms. The number of halogens is 7. The third kappa shape index (κ3) is 5.38. The molecule has 0 radical (unpaired) electrons. The molecule has 5 nitrogen and oxygen atoms in total. The second-order valence-electron chi connectivity index (χ2n) is 5.06. The Hall–Kier alpha value is -2.24. The molecule has 0 aliphatic heterocycles. The summed E-state index contributed by atoms with van der Waals surface area (Å²) in [4.78, 5) is 12.0. The molecule has 2 aromatic rings. The van der Waals surface area contributed by atoms with E-state index in [1.165, 1.54) is 13.0 Å². The summed E-state index contributed by atoms with van der Waals surface area (Å²) in [5, 5.41) is 5.43. The normalized spacial score (nSPS) is 12.2. The number of aromatic nitrogens is 2. The van der Waals surface area contributed by atoms with Gasteiger partial charge in [-0.2, -0.15) is 18.3 Å². The molecule has 0 saturated carbocycles. The lowest BCUT2D eigenvalue weighted by molar-refractivity contribution is -0.274. The van der Waals surface area contributed by atoms with E-state index in [9.17, 15) is 31.1 Å². The van der Waals surface area contributed by atoms with E-state index in [-0.39, 0.29) is 15.9 Å². The van der Waals surface area contributed by atoms with Crippen molar-refractivity contribution in [2.24, 2.45) is 0 Å². The summed E-state index contributed by atoms with van der Waals surface area (Å²) in [7, 11) is 0. The Bertz CT molecular complexity index is 816. The first kappa shape index (κ1) is 20.1. The molecule has 0 atom stereocenters.